The minimum atomic E-state index is 0.172. The molecule has 2 atom stereocenters. The summed E-state index contributed by atoms with van der Waals surface area (Å²) in [6.45, 7) is 2.65. The number of nitrogen functional groups attached to an aromatic ring is 1. The van der Waals surface area contributed by atoms with Crippen LogP contribution < -0.4 is 11.1 Å². The highest BCUT2D eigenvalue weighted by Gasteiger charge is 2.40. The van der Waals surface area contributed by atoms with Crippen molar-refractivity contribution in [2.75, 3.05) is 18.8 Å². The zero-order valence-corrected chi connectivity index (χ0v) is 12.3. The van der Waals surface area contributed by atoms with E-state index < -0.39 is 0 Å². The van der Waals surface area contributed by atoms with Gasteiger partial charge in [-0.05, 0) is 37.1 Å². The fraction of sp³-hybridized carbons (Fsp3) is 0.500. The molecule has 1 aromatic carbocycles. The molecule has 1 aromatic rings. The lowest BCUT2D eigenvalue weighted by molar-refractivity contribution is -0.124. The van der Waals surface area contributed by atoms with Gasteiger partial charge < -0.3 is 11.1 Å². The minimum Gasteiger partial charge on any atom is -0.398 e. The van der Waals surface area contributed by atoms with Crippen LogP contribution in [0.1, 0.15) is 18.4 Å². The molecule has 2 aliphatic heterocycles. The largest absolute Gasteiger partial charge is 0.398 e. The average Bonchev–Trinajstić information content (AvgIpc) is 2.76. The number of piperidine rings is 1. The van der Waals surface area contributed by atoms with E-state index in [1.54, 1.807) is 0 Å². The maximum Gasteiger partial charge on any atom is 0.224 e. The quantitative estimate of drug-likeness (QED) is 0.815. The molecule has 2 fully saturated rings. The number of anilines is 1. The molecule has 3 rings (SSSR count). The Morgan fingerprint density at radius 3 is 3.11 bits per heavy atom. The van der Waals surface area contributed by atoms with Gasteiger partial charge in [0.15, 0.2) is 0 Å². The summed E-state index contributed by atoms with van der Waals surface area (Å²) in [5, 5.41) is 2.98. The van der Waals surface area contributed by atoms with Gasteiger partial charge in [0, 0.05) is 29.3 Å². The first-order valence-electron chi connectivity index (χ1n) is 6.71. The van der Waals surface area contributed by atoms with Crippen LogP contribution in [0, 0.1) is 5.92 Å². The minimum absolute atomic E-state index is 0.172. The van der Waals surface area contributed by atoms with Crippen LogP contribution in [0.5, 0.6) is 0 Å². The lowest BCUT2D eigenvalue weighted by Gasteiger charge is -2.36. The Hall–Kier alpha value is -1.07. The fourth-order valence-corrected chi connectivity index (χ4v) is 3.54. The standard InChI is InChI=1S/C14H18BrN3O/c15-10-4-3-9(12(16)6-10)8-18-5-1-2-11-13(18)7-17-14(11)19/h3-4,6,11,13H,1-2,5,7-8,16H2,(H,17,19). The summed E-state index contributed by atoms with van der Waals surface area (Å²) in [4.78, 5) is 14.1. The van der Waals surface area contributed by atoms with Gasteiger partial charge in [0.25, 0.3) is 0 Å². The van der Waals surface area contributed by atoms with Gasteiger partial charge in [-0.3, -0.25) is 9.69 Å². The van der Waals surface area contributed by atoms with Crippen molar-refractivity contribution >= 4 is 27.5 Å². The van der Waals surface area contributed by atoms with E-state index in [1.165, 1.54) is 0 Å². The molecule has 0 aliphatic carbocycles. The Labute approximate surface area is 121 Å². The van der Waals surface area contributed by atoms with Crippen molar-refractivity contribution in [2.45, 2.75) is 25.4 Å². The average molecular weight is 324 g/mol. The van der Waals surface area contributed by atoms with Crippen molar-refractivity contribution in [2.24, 2.45) is 5.92 Å². The molecule has 0 saturated carbocycles. The molecule has 2 heterocycles. The van der Waals surface area contributed by atoms with Crippen LogP contribution in [0.3, 0.4) is 0 Å². The van der Waals surface area contributed by atoms with Crippen LogP contribution >= 0.6 is 15.9 Å². The first-order chi connectivity index (χ1) is 9.15. The third kappa shape index (κ3) is 2.49. The van der Waals surface area contributed by atoms with Crippen molar-refractivity contribution < 1.29 is 4.79 Å². The molecule has 5 heteroatoms. The van der Waals surface area contributed by atoms with Crippen molar-refractivity contribution in [3.05, 3.63) is 28.2 Å². The molecular weight excluding hydrogens is 306 g/mol. The Morgan fingerprint density at radius 1 is 1.47 bits per heavy atom. The number of hydrogen-bond donors (Lipinski definition) is 2. The number of nitrogens with one attached hydrogen (secondary N) is 1. The van der Waals surface area contributed by atoms with E-state index in [0.29, 0.717) is 6.04 Å². The Kier molecular flexibility index (Phi) is 3.50. The van der Waals surface area contributed by atoms with E-state index in [0.717, 1.165) is 48.2 Å². The topological polar surface area (TPSA) is 58.4 Å². The maximum absolute atomic E-state index is 11.7. The van der Waals surface area contributed by atoms with Crippen molar-refractivity contribution in [1.29, 1.82) is 0 Å². The van der Waals surface area contributed by atoms with E-state index in [1.807, 2.05) is 12.1 Å². The summed E-state index contributed by atoms with van der Waals surface area (Å²) >= 11 is 3.43. The molecular formula is C14H18BrN3O. The van der Waals surface area contributed by atoms with Gasteiger partial charge in [0.2, 0.25) is 5.91 Å². The van der Waals surface area contributed by atoms with Gasteiger partial charge >= 0.3 is 0 Å². The number of halogens is 1. The van der Waals surface area contributed by atoms with Crippen molar-refractivity contribution in [3.63, 3.8) is 0 Å². The number of rotatable bonds is 2. The van der Waals surface area contributed by atoms with Gasteiger partial charge in [0.05, 0.1) is 5.92 Å². The summed E-state index contributed by atoms with van der Waals surface area (Å²) < 4.78 is 1.00. The lowest BCUT2D eigenvalue weighted by Crippen LogP contribution is -2.44. The lowest BCUT2D eigenvalue weighted by atomic mass is 9.91. The monoisotopic (exact) mass is 323 g/mol. The number of hydrogen-bond acceptors (Lipinski definition) is 3. The second-order valence-electron chi connectivity index (χ2n) is 5.37. The van der Waals surface area contributed by atoms with Gasteiger partial charge in [-0.2, -0.15) is 0 Å². The number of likely N-dealkylation sites (tertiary alicyclic amines) is 1. The highest BCUT2D eigenvalue weighted by molar-refractivity contribution is 9.10. The van der Waals surface area contributed by atoms with Gasteiger partial charge in [-0.25, -0.2) is 0 Å². The molecule has 2 unspecified atom stereocenters. The predicted molar refractivity (Wildman–Crippen MR) is 78.5 cm³/mol. The summed E-state index contributed by atoms with van der Waals surface area (Å²) in [6.07, 6.45) is 2.10. The molecule has 3 N–H and O–H groups in total. The van der Waals surface area contributed by atoms with Crippen LogP contribution in [-0.2, 0) is 11.3 Å². The molecule has 19 heavy (non-hydrogen) atoms. The smallest absolute Gasteiger partial charge is 0.224 e. The summed E-state index contributed by atoms with van der Waals surface area (Å²) in [5.41, 5.74) is 8.02. The second-order valence-corrected chi connectivity index (χ2v) is 6.29. The van der Waals surface area contributed by atoms with E-state index in [-0.39, 0.29) is 11.8 Å². The molecule has 1 amide bonds. The highest BCUT2D eigenvalue weighted by atomic mass is 79.9. The van der Waals surface area contributed by atoms with Crippen LogP contribution in [0.4, 0.5) is 5.69 Å². The normalized spacial score (nSPS) is 27.1. The predicted octanol–water partition coefficient (Wildman–Crippen LogP) is 1.74. The van der Waals surface area contributed by atoms with E-state index >= 15 is 0 Å². The highest BCUT2D eigenvalue weighted by Crippen LogP contribution is 2.30. The third-order valence-electron chi connectivity index (χ3n) is 4.20. The third-order valence-corrected chi connectivity index (χ3v) is 4.69. The van der Waals surface area contributed by atoms with Gasteiger partial charge in [-0.1, -0.05) is 22.0 Å². The summed E-state index contributed by atoms with van der Waals surface area (Å²) in [7, 11) is 0. The molecule has 4 nitrogen and oxygen atoms in total. The number of amides is 1. The number of carbonyl (C=O) groups excluding carboxylic acids is 1. The number of nitrogens with two attached hydrogens (primary N) is 1. The van der Waals surface area contributed by atoms with E-state index in [2.05, 4.69) is 32.2 Å². The Bertz CT molecular complexity index is 505. The van der Waals surface area contributed by atoms with Crippen LogP contribution in [-0.4, -0.2) is 29.9 Å². The van der Waals surface area contributed by atoms with Gasteiger partial charge in [0.1, 0.15) is 0 Å². The Morgan fingerprint density at radius 2 is 2.32 bits per heavy atom. The fourth-order valence-electron chi connectivity index (χ4n) is 3.17. The molecule has 0 bridgehead atoms. The number of fused-ring (bicyclic) bond motifs is 1. The number of carbonyl (C=O) groups is 1. The maximum atomic E-state index is 11.7. The van der Waals surface area contributed by atoms with Crippen molar-refractivity contribution in [3.8, 4) is 0 Å². The number of benzene rings is 1. The SMILES string of the molecule is Nc1cc(Br)ccc1CN1CCCC2C(=O)NCC21. The zero-order valence-electron chi connectivity index (χ0n) is 10.7. The second kappa shape index (κ2) is 5.13. The van der Waals surface area contributed by atoms with Gasteiger partial charge in [-0.15, -0.1) is 0 Å². The number of nitrogens with zero attached hydrogens (tertiary/aromatic N) is 1. The summed E-state index contributed by atoms with van der Waals surface area (Å²) in [5.74, 6) is 0.393. The molecule has 2 aliphatic rings. The van der Waals surface area contributed by atoms with Crippen LogP contribution in [0.2, 0.25) is 0 Å². The van der Waals surface area contributed by atoms with Crippen molar-refractivity contribution in [1.82, 2.24) is 10.2 Å². The molecule has 0 aromatic heterocycles. The molecule has 0 radical (unpaired) electrons. The van der Waals surface area contributed by atoms with Crippen LogP contribution in [0.15, 0.2) is 22.7 Å². The first-order valence-corrected chi connectivity index (χ1v) is 7.50. The summed E-state index contributed by atoms with van der Waals surface area (Å²) in [6, 6.07) is 6.36. The molecule has 102 valence electrons. The Balaban J connectivity index is 1.77. The first kappa shape index (κ1) is 12.9. The molecule has 0 spiro atoms. The zero-order chi connectivity index (χ0) is 13.4. The molecule has 2 saturated heterocycles. The van der Waals surface area contributed by atoms with Crippen LogP contribution in [0.25, 0.3) is 0 Å². The van der Waals surface area contributed by atoms with E-state index in [4.69, 9.17) is 5.73 Å². The van der Waals surface area contributed by atoms with E-state index in [9.17, 15) is 4.79 Å².